The Morgan fingerprint density at radius 2 is 1.69 bits per heavy atom. The molecule has 7 heteroatoms. The van der Waals surface area contributed by atoms with Crippen LogP contribution in [0.2, 0.25) is 0 Å². The van der Waals surface area contributed by atoms with Crippen LogP contribution in [0.15, 0.2) is 54.7 Å². The Bertz CT molecular complexity index is 968. The van der Waals surface area contributed by atoms with Crippen LogP contribution in [0, 0.1) is 10.1 Å². The van der Waals surface area contributed by atoms with E-state index in [0.717, 1.165) is 5.39 Å². The lowest BCUT2D eigenvalue weighted by atomic mass is 10.2. The standard InChI is InChI=1S/C19H18N2O5/c1-19(2,3)26-18(22)20-11-10-13-12-16(8-9-17(13)20)25-15-6-4-14(5-7-15)21(23)24/h4-12H,1-3H3. The fourth-order valence-corrected chi connectivity index (χ4v) is 2.43. The predicted octanol–water partition coefficient (Wildman–Crippen LogP) is 5.13. The molecule has 134 valence electrons. The first-order valence-corrected chi connectivity index (χ1v) is 8.00. The number of aromatic nitrogens is 1. The van der Waals surface area contributed by atoms with Crippen LogP contribution < -0.4 is 4.74 Å². The first kappa shape index (κ1) is 17.5. The van der Waals surface area contributed by atoms with E-state index in [9.17, 15) is 14.9 Å². The number of hydrogen-bond acceptors (Lipinski definition) is 5. The van der Waals surface area contributed by atoms with Gasteiger partial charge >= 0.3 is 6.09 Å². The summed E-state index contributed by atoms with van der Waals surface area (Å²) in [5, 5.41) is 11.5. The molecular formula is C19H18N2O5. The van der Waals surface area contributed by atoms with Crippen LogP contribution in [-0.4, -0.2) is 21.2 Å². The molecule has 0 aliphatic rings. The van der Waals surface area contributed by atoms with Crippen LogP contribution in [-0.2, 0) is 4.74 Å². The van der Waals surface area contributed by atoms with Gasteiger partial charge in [-0.3, -0.25) is 14.7 Å². The molecule has 0 saturated carbocycles. The number of hydrogen-bond donors (Lipinski definition) is 0. The number of nitro groups is 1. The molecule has 0 N–H and O–H groups in total. The average molecular weight is 354 g/mol. The smallest absolute Gasteiger partial charge is 0.418 e. The van der Waals surface area contributed by atoms with Crippen LogP contribution in [0.3, 0.4) is 0 Å². The number of nitrogens with zero attached hydrogens (tertiary/aromatic N) is 2. The molecule has 0 fully saturated rings. The summed E-state index contributed by atoms with van der Waals surface area (Å²) in [5.41, 5.74) is 0.129. The number of carbonyl (C=O) groups excluding carboxylic acids is 1. The average Bonchev–Trinajstić information content (AvgIpc) is 2.97. The van der Waals surface area contributed by atoms with E-state index in [4.69, 9.17) is 9.47 Å². The third-order valence-electron chi connectivity index (χ3n) is 3.54. The highest BCUT2D eigenvalue weighted by molar-refractivity contribution is 5.90. The minimum Gasteiger partial charge on any atom is -0.457 e. The monoisotopic (exact) mass is 354 g/mol. The molecule has 1 heterocycles. The Morgan fingerprint density at radius 3 is 2.31 bits per heavy atom. The second kappa shape index (κ2) is 6.51. The Hall–Kier alpha value is -3.35. The molecule has 26 heavy (non-hydrogen) atoms. The van der Waals surface area contributed by atoms with Crippen LogP contribution in [0.5, 0.6) is 11.5 Å². The molecule has 0 radical (unpaired) electrons. The maximum atomic E-state index is 12.3. The van der Waals surface area contributed by atoms with Gasteiger partial charge in [0.15, 0.2) is 0 Å². The minimum atomic E-state index is -0.577. The zero-order valence-electron chi connectivity index (χ0n) is 14.6. The molecule has 0 unspecified atom stereocenters. The van der Waals surface area contributed by atoms with Gasteiger partial charge in [-0.25, -0.2) is 4.79 Å². The number of non-ortho nitro benzene ring substituents is 1. The fourth-order valence-electron chi connectivity index (χ4n) is 2.43. The number of rotatable bonds is 3. The number of nitro benzene ring substituents is 1. The Labute approximate surface area is 149 Å². The van der Waals surface area contributed by atoms with Gasteiger partial charge in [-0.15, -0.1) is 0 Å². The Kier molecular flexibility index (Phi) is 4.38. The topological polar surface area (TPSA) is 83.6 Å². The molecule has 1 aromatic heterocycles. The van der Waals surface area contributed by atoms with E-state index in [1.165, 1.54) is 28.8 Å². The number of carbonyl (C=O) groups is 1. The first-order valence-electron chi connectivity index (χ1n) is 8.00. The largest absolute Gasteiger partial charge is 0.457 e. The quantitative estimate of drug-likeness (QED) is 0.481. The molecule has 2 aromatic carbocycles. The molecular weight excluding hydrogens is 336 g/mol. The van der Waals surface area contributed by atoms with Crippen molar-refractivity contribution in [3.63, 3.8) is 0 Å². The summed E-state index contributed by atoms with van der Waals surface area (Å²) in [4.78, 5) is 22.5. The van der Waals surface area contributed by atoms with E-state index in [2.05, 4.69) is 0 Å². The second-order valence-corrected chi connectivity index (χ2v) is 6.74. The summed E-state index contributed by atoms with van der Waals surface area (Å²) >= 11 is 0. The van der Waals surface area contributed by atoms with Crippen molar-refractivity contribution in [2.45, 2.75) is 26.4 Å². The van der Waals surface area contributed by atoms with Crippen LogP contribution >= 0.6 is 0 Å². The molecule has 0 spiro atoms. The fraction of sp³-hybridized carbons (Fsp3) is 0.211. The molecule has 0 bridgehead atoms. The zero-order valence-corrected chi connectivity index (χ0v) is 14.6. The van der Waals surface area contributed by atoms with Gasteiger partial charge < -0.3 is 9.47 Å². The van der Waals surface area contributed by atoms with Crippen LogP contribution in [0.4, 0.5) is 10.5 Å². The Balaban J connectivity index is 1.82. The highest BCUT2D eigenvalue weighted by atomic mass is 16.6. The van der Waals surface area contributed by atoms with Gasteiger partial charge in [-0.1, -0.05) is 0 Å². The lowest BCUT2D eigenvalue weighted by Gasteiger charge is -2.19. The number of ether oxygens (including phenoxy) is 2. The van der Waals surface area contributed by atoms with Crippen molar-refractivity contribution in [1.82, 2.24) is 4.57 Å². The van der Waals surface area contributed by atoms with Crippen molar-refractivity contribution in [2.75, 3.05) is 0 Å². The normalized spacial score (nSPS) is 11.3. The van der Waals surface area contributed by atoms with Gasteiger partial charge in [0.2, 0.25) is 0 Å². The molecule has 0 amide bonds. The molecule has 0 aliphatic heterocycles. The third-order valence-corrected chi connectivity index (χ3v) is 3.54. The van der Waals surface area contributed by atoms with Gasteiger partial charge in [0.05, 0.1) is 10.4 Å². The molecule has 3 rings (SSSR count). The highest BCUT2D eigenvalue weighted by Gasteiger charge is 2.19. The summed E-state index contributed by atoms with van der Waals surface area (Å²) < 4.78 is 12.5. The van der Waals surface area contributed by atoms with Crippen molar-refractivity contribution in [3.8, 4) is 11.5 Å². The lowest BCUT2D eigenvalue weighted by molar-refractivity contribution is -0.384. The van der Waals surface area contributed by atoms with Crippen molar-refractivity contribution in [2.24, 2.45) is 0 Å². The maximum Gasteiger partial charge on any atom is 0.418 e. The van der Waals surface area contributed by atoms with Gasteiger partial charge in [-0.2, -0.15) is 0 Å². The maximum absolute atomic E-state index is 12.3. The van der Waals surface area contributed by atoms with E-state index < -0.39 is 16.6 Å². The van der Waals surface area contributed by atoms with E-state index in [0.29, 0.717) is 17.0 Å². The van der Waals surface area contributed by atoms with Crippen LogP contribution in [0.25, 0.3) is 10.9 Å². The van der Waals surface area contributed by atoms with Gasteiger partial charge in [-0.05, 0) is 57.2 Å². The minimum absolute atomic E-state index is 0.00207. The Morgan fingerprint density at radius 1 is 1.04 bits per heavy atom. The number of benzene rings is 2. The second-order valence-electron chi connectivity index (χ2n) is 6.74. The zero-order chi connectivity index (χ0) is 18.9. The molecule has 0 saturated heterocycles. The summed E-state index contributed by atoms with van der Waals surface area (Å²) in [7, 11) is 0. The van der Waals surface area contributed by atoms with E-state index in [1.54, 1.807) is 30.5 Å². The summed E-state index contributed by atoms with van der Waals surface area (Å²) in [6.45, 7) is 5.44. The van der Waals surface area contributed by atoms with Crippen molar-refractivity contribution in [3.05, 3.63) is 64.8 Å². The van der Waals surface area contributed by atoms with Crippen molar-refractivity contribution < 1.29 is 19.2 Å². The summed E-state index contributed by atoms with van der Waals surface area (Å²) in [5.74, 6) is 1.05. The van der Waals surface area contributed by atoms with E-state index in [1.807, 2.05) is 20.8 Å². The third kappa shape index (κ3) is 3.83. The molecule has 3 aromatic rings. The van der Waals surface area contributed by atoms with Crippen molar-refractivity contribution >= 4 is 22.7 Å². The lowest BCUT2D eigenvalue weighted by Crippen LogP contribution is -2.26. The van der Waals surface area contributed by atoms with Gasteiger partial charge in [0.1, 0.15) is 17.1 Å². The van der Waals surface area contributed by atoms with Gasteiger partial charge in [0, 0.05) is 23.7 Å². The predicted molar refractivity (Wildman–Crippen MR) is 96.7 cm³/mol. The molecule has 0 aliphatic carbocycles. The van der Waals surface area contributed by atoms with E-state index >= 15 is 0 Å². The molecule has 0 atom stereocenters. The summed E-state index contributed by atoms with van der Waals surface area (Å²) in [6.07, 6.45) is 1.20. The summed E-state index contributed by atoms with van der Waals surface area (Å²) in [6, 6.07) is 12.9. The van der Waals surface area contributed by atoms with E-state index in [-0.39, 0.29) is 5.69 Å². The first-order chi connectivity index (χ1) is 12.2. The van der Waals surface area contributed by atoms with Crippen molar-refractivity contribution in [1.29, 1.82) is 0 Å². The van der Waals surface area contributed by atoms with Crippen LogP contribution in [0.1, 0.15) is 20.8 Å². The highest BCUT2D eigenvalue weighted by Crippen LogP contribution is 2.28. The van der Waals surface area contributed by atoms with Gasteiger partial charge in [0.25, 0.3) is 5.69 Å². The SMILES string of the molecule is CC(C)(C)OC(=O)n1ccc2cc(Oc3ccc([N+](=O)[O-])cc3)ccc21. The molecule has 7 nitrogen and oxygen atoms in total. The number of fused-ring (bicyclic) bond motifs is 1.